The van der Waals surface area contributed by atoms with Gasteiger partial charge in [0.1, 0.15) is 11.8 Å². The number of carbonyl (C=O) groups is 1. The van der Waals surface area contributed by atoms with Crippen LogP contribution in [-0.2, 0) is 4.79 Å². The molecule has 0 heterocycles. The average molecular weight is 261 g/mol. The molecule has 0 radical (unpaired) electrons. The van der Waals surface area contributed by atoms with Crippen LogP contribution in [0.25, 0.3) is 0 Å². The van der Waals surface area contributed by atoms with Crippen molar-refractivity contribution in [1.29, 1.82) is 5.26 Å². The van der Waals surface area contributed by atoms with Crippen molar-refractivity contribution in [2.24, 2.45) is 11.7 Å². The summed E-state index contributed by atoms with van der Waals surface area (Å²) in [6, 6.07) is 8.87. The number of ether oxygens (including phenoxy) is 1. The van der Waals surface area contributed by atoms with Gasteiger partial charge >= 0.3 is 0 Å². The number of nitriles is 1. The van der Waals surface area contributed by atoms with Crippen molar-refractivity contribution in [2.45, 2.75) is 19.8 Å². The Bertz CT molecular complexity index is 450. The lowest BCUT2D eigenvalue weighted by Crippen LogP contribution is -2.21. The van der Waals surface area contributed by atoms with Crippen LogP contribution in [0.15, 0.2) is 24.3 Å². The Morgan fingerprint density at radius 1 is 1.58 bits per heavy atom. The van der Waals surface area contributed by atoms with Crippen LogP contribution in [0.2, 0.25) is 0 Å². The molecule has 0 aromatic heterocycles. The molecular formula is C14H19N3O2. The van der Waals surface area contributed by atoms with E-state index in [1.807, 2.05) is 13.0 Å². The van der Waals surface area contributed by atoms with Gasteiger partial charge in [-0.3, -0.25) is 4.79 Å². The van der Waals surface area contributed by atoms with Crippen molar-refractivity contribution in [3.63, 3.8) is 0 Å². The van der Waals surface area contributed by atoms with Gasteiger partial charge in [0.25, 0.3) is 0 Å². The van der Waals surface area contributed by atoms with Crippen LogP contribution in [0.1, 0.15) is 19.8 Å². The second-order valence-corrected chi connectivity index (χ2v) is 4.24. The molecule has 1 unspecified atom stereocenters. The van der Waals surface area contributed by atoms with Crippen molar-refractivity contribution in [3.05, 3.63) is 24.3 Å². The molecule has 0 aliphatic carbocycles. The summed E-state index contributed by atoms with van der Waals surface area (Å²) >= 11 is 0. The Labute approximate surface area is 113 Å². The minimum Gasteiger partial charge on any atom is -0.479 e. The monoisotopic (exact) mass is 261 g/mol. The number of anilines is 1. The van der Waals surface area contributed by atoms with Gasteiger partial charge in [-0.2, -0.15) is 5.26 Å². The summed E-state index contributed by atoms with van der Waals surface area (Å²) in [6.07, 6.45) is 1.30. The third kappa shape index (κ3) is 5.40. The molecule has 19 heavy (non-hydrogen) atoms. The first-order valence-corrected chi connectivity index (χ1v) is 6.29. The molecule has 0 bridgehead atoms. The topological polar surface area (TPSA) is 88.1 Å². The molecule has 0 spiro atoms. The van der Waals surface area contributed by atoms with Gasteiger partial charge < -0.3 is 15.8 Å². The predicted octanol–water partition coefficient (Wildman–Crippen LogP) is 1.90. The summed E-state index contributed by atoms with van der Waals surface area (Å²) in [5, 5.41) is 11.2. The minimum absolute atomic E-state index is 0.0114. The molecular weight excluding hydrogens is 242 g/mol. The van der Waals surface area contributed by atoms with Gasteiger partial charge in [0.15, 0.2) is 6.61 Å². The number of nitrogens with one attached hydrogen (secondary N) is 1. The molecule has 1 aromatic carbocycles. The van der Waals surface area contributed by atoms with Gasteiger partial charge in [-0.15, -0.1) is 0 Å². The molecule has 1 atom stereocenters. The first-order valence-electron chi connectivity index (χ1n) is 6.29. The molecule has 1 amide bonds. The normalized spacial score (nSPS) is 11.4. The number of nitrogens with zero attached hydrogens (tertiary/aromatic N) is 1. The lowest BCUT2D eigenvalue weighted by molar-refractivity contribution is -0.117. The minimum atomic E-state index is -0.0604. The maximum Gasteiger partial charge on any atom is 0.224 e. The fourth-order valence-electron chi connectivity index (χ4n) is 1.65. The first kappa shape index (κ1) is 15.0. The van der Waals surface area contributed by atoms with E-state index >= 15 is 0 Å². The second kappa shape index (κ2) is 8.11. The second-order valence-electron chi connectivity index (χ2n) is 4.24. The van der Waals surface area contributed by atoms with Crippen molar-refractivity contribution >= 4 is 11.6 Å². The third-order valence-electron chi connectivity index (χ3n) is 2.81. The predicted molar refractivity (Wildman–Crippen MR) is 73.6 cm³/mol. The van der Waals surface area contributed by atoms with Crippen LogP contribution in [0.4, 0.5) is 5.69 Å². The lowest BCUT2D eigenvalue weighted by atomic mass is 10.0. The van der Waals surface area contributed by atoms with Crippen molar-refractivity contribution in [2.75, 3.05) is 18.5 Å². The molecule has 1 rings (SSSR count). The SMILES string of the molecule is CCC(CN)CC(=O)Nc1cccc(OCC#N)c1. The van der Waals surface area contributed by atoms with Crippen LogP contribution in [0.5, 0.6) is 5.75 Å². The maximum atomic E-state index is 11.8. The van der Waals surface area contributed by atoms with E-state index in [1.165, 1.54) is 0 Å². The zero-order valence-electron chi connectivity index (χ0n) is 11.1. The zero-order chi connectivity index (χ0) is 14.1. The Morgan fingerprint density at radius 2 is 2.37 bits per heavy atom. The van der Waals surface area contributed by atoms with Gasteiger partial charge in [0, 0.05) is 18.2 Å². The molecule has 0 saturated heterocycles. The molecule has 3 N–H and O–H groups in total. The standard InChI is InChI=1S/C14H19N3O2/c1-2-11(10-16)8-14(18)17-12-4-3-5-13(9-12)19-7-6-15/h3-5,9,11H,2,7-8,10,16H2,1H3,(H,17,18). The quantitative estimate of drug-likeness (QED) is 0.784. The van der Waals surface area contributed by atoms with E-state index < -0.39 is 0 Å². The molecule has 102 valence electrons. The van der Waals surface area contributed by atoms with Gasteiger partial charge in [-0.1, -0.05) is 19.4 Å². The Balaban J connectivity index is 2.56. The van der Waals surface area contributed by atoms with Crippen molar-refractivity contribution < 1.29 is 9.53 Å². The van der Waals surface area contributed by atoms with Crippen LogP contribution in [0.3, 0.4) is 0 Å². The van der Waals surface area contributed by atoms with E-state index in [2.05, 4.69) is 5.32 Å². The molecule has 0 aliphatic rings. The highest BCUT2D eigenvalue weighted by atomic mass is 16.5. The number of nitrogens with two attached hydrogens (primary N) is 1. The Morgan fingerprint density at radius 3 is 3.00 bits per heavy atom. The number of hydrogen-bond acceptors (Lipinski definition) is 4. The Kier molecular flexibility index (Phi) is 6.41. The largest absolute Gasteiger partial charge is 0.479 e. The summed E-state index contributed by atoms with van der Waals surface area (Å²) in [7, 11) is 0. The van der Waals surface area contributed by atoms with Crippen LogP contribution in [0, 0.1) is 17.2 Å². The summed E-state index contributed by atoms with van der Waals surface area (Å²) < 4.78 is 5.17. The average Bonchev–Trinajstić information content (AvgIpc) is 2.43. The molecule has 0 fully saturated rings. The van der Waals surface area contributed by atoms with E-state index in [0.717, 1.165) is 6.42 Å². The summed E-state index contributed by atoms with van der Waals surface area (Å²) in [4.78, 5) is 11.8. The molecule has 1 aromatic rings. The first-order chi connectivity index (χ1) is 9.19. The number of hydrogen-bond donors (Lipinski definition) is 2. The van der Waals surface area contributed by atoms with Crippen LogP contribution < -0.4 is 15.8 Å². The maximum absolute atomic E-state index is 11.8. The zero-order valence-corrected chi connectivity index (χ0v) is 11.1. The smallest absolute Gasteiger partial charge is 0.224 e. The van der Waals surface area contributed by atoms with Crippen LogP contribution in [-0.4, -0.2) is 19.1 Å². The number of amides is 1. The molecule has 5 nitrogen and oxygen atoms in total. The van der Waals surface area contributed by atoms with E-state index in [-0.39, 0.29) is 18.4 Å². The Hall–Kier alpha value is -2.06. The van der Waals surface area contributed by atoms with E-state index in [4.69, 9.17) is 15.7 Å². The fourth-order valence-corrected chi connectivity index (χ4v) is 1.65. The highest BCUT2D eigenvalue weighted by molar-refractivity contribution is 5.91. The lowest BCUT2D eigenvalue weighted by Gasteiger charge is -2.12. The van der Waals surface area contributed by atoms with Gasteiger partial charge in [0.05, 0.1) is 0 Å². The number of rotatable bonds is 7. The van der Waals surface area contributed by atoms with Gasteiger partial charge in [-0.05, 0) is 24.6 Å². The number of benzene rings is 1. The molecule has 0 saturated carbocycles. The van der Waals surface area contributed by atoms with E-state index in [9.17, 15) is 4.79 Å². The third-order valence-corrected chi connectivity index (χ3v) is 2.81. The van der Waals surface area contributed by atoms with Crippen molar-refractivity contribution in [1.82, 2.24) is 0 Å². The van der Waals surface area contributed by atoms with Crippen LogP contribution >= 0.6 is 0 Å². The molecule has 5 heteroatoms. The van der Waals surface area contributed by atoms with E-state index in [1.54, 1.807) is 24.3 Å². The highest BCUT2D eigenvalue weighted by Gasteiger charge is 2.10. The summed E-state index contributed by atoms with van der Waals surface area (Å²) in [5.74, 6) is 0.706. The molecule has 0 aliphatic heterocycles. The fraction of sp³-hybridized carbons (Fsp3) is 0.429. The van der Waals surface area contributed by atoms with Gasteiger partial charge in [-0.25, -0.2) is 0 Å². The van der Waals surface area contributed by atoms with E-state index in [0.29, 0.717) is 24.4 Å². The summed E-state index contributed by atoms with van der Waals surface area (Å²) in [5.41, 5.74) is 6.23. The van der Waals surface area contributed by atoms with Crippen molar-refractivity contribution in [3.8, 4) is 11.8 Å². The highest BCUT2D eigenvalue weighted by Crippen LogP contribution is 2.18. The number of carbonyl (C=O) groups excluding carboxylic acids is 1. The van der Waals surface area contributed by atoms with Gasteiger partial charge in [0.2, 0.25) is 5.91 Å². The summed E-state index contributed by atoms with van der Waals surface area (Å²) in [6.45, 7) is 2.51.